The second-order valence-electron chi connectivity index (χ2n) is 4.38. The zero-order valence-electron chi connectivity index (χ0n) is 9.53. The molecular formula is C13H17NO2. The Labute approximate surface area is 95.8 Å². The molecule has 86 valence electrons. The van der Waals surface area contributed by atoms with Gasteiger partial charge in [-0.1, -0.05) is 18.6 Å². The molecule has 1 aromatic rings. The highest BCUT2D eigenvalue weighted by Crippen LogP contribution is 2.25. The Balaban J connectivity index is 1.77. The first kappa shape index (κ1) is 11.0. The van der Waals surface area contributed by atoms with Crippen LogP contribution in [0.5, 0.6) is 5.75 Å². The average molecular weight is 219 g/mol. The molecule has 16 heavy (non-hydrogen) atoms. The lowest BCUT2D eigenvalue weighted by atomic mass is 9.85. The van der Waals surface area contributed by atoms with Crippen molar-refractivity contribution in [2.75, 3.05) is 6.54 Å². The van der Waals surface area contributed by atoms with Crippen LogP contribution in [-0.2, 0) is 0 Å². The fourth-order valence-electron chi connectivity index (χ4n) is 1.75. The van der Waals surface area contributed by atoms with Gasteiger partial charge in [-0.15, -0.1) is 0 Å². The molecule has 0 atom stereocenters. The Morgan fingerprint density at radius 3 is 2.94 bits per heavy atom. The predicted octanol–water partition coefficient (Wildman–Crippen LogP) is 2.88. The number of carbonyl (C=O) groups is 1. The summed E-state index contributed by atoms with van der Waals surface area (Å²) in [6, 6.07) is 7.49. The van der Waals surface area contributed by atoms with Crippen molar-refractivity contribution in [2.24, 2.45) is 5.92 Å². The normalized spacial score (nSPS) is 15.3. The molecule has 0 radical (unpaired) electrons. The molecule has 1 aliphatic rings. The maximum atomic E-state index is 11.4. The topological polar surface area (TPSA) is 38.3 Å². The third kappa shape index (κ3) is 2.99. The predicted molar refractivity (Wildman–Crippen MR) is 62.5 cm³/mol. The fraction of sp³-hybridized carbons (Fsp3) is 0.462. The van der Waals surface area contributed by atoms with E-state index in [0.717, 1.165) is 12.1 Å². The first-order valence-corrected chi connectivity index (χ1v) is 5.76. The van der Waals surface area contributed by atoms with Crippen LogP contribution in [-0.4, -0.2) is 12.6 Å². The first-order chi connectivity index (χ1) is 7.74. The van der Waals surface area contributed by atoms with E-state index in [1.54, 1.807) is 6.07 Å². The van der Waals surface area contributed by atoms with E-state index in [9.17, 15) is 4.79 Å². The van der Waals surface area contributed by atoms with Crippen molar-refractivity contribution < 1.29 is 9.53 Å². The summed E-state index contributed by atoms with van der Waals surface area (Å²) in [6.45, 7) is 2.71. The first-order valence-electron chi connectivity index (χ1n) is 5.76. The van der Waals surface area contributed by atoms with E-state index in [2.05, 4.69) is 5.32 Å². The minimum Gasteiger partial charge on any atom is -0.410 e. The van der Waals surface area contributed by atoms with Crippen LogP contribution in [0.1, 0.15) is 24.8 Å². The second kappa shape index (κ2) is 5.01. The molecule has 2 rings (SSSR count). The van der Waals surface area contributed by atoms with E-state index in [1.165, 1.54) is 19.3 Å². The molecule has 0 unspecified atom stereocenters. The summed E-state index contributed by atoms with van der Waals surface area (Å²) in [5, 5.41) is 2.79. The molecule has 0 spiro atoms. The van der Waals surface area contributed by atoms with Gasteiger partial charge in [0.2, 0.25) is 0 Å². The standard InChI is InChI=1S/C13H17NO2/c1-10-4-2-7-12(8-10)16-13(15)14-9-11-5-3-6-11/h2,4,7-8,11H,3,5-6,9H2,1H3,(H,14,15). The van der Waals surface area contributed by atoms with Crippen molar-refractivity contribution in [1.82, 2.24) is 5.32 Å². The molecule has 0 bridgehead atoms. The summed E-state index contributed by atoms with van der Waals surface area (Å²) in [5.41, 5.74) is 1.09. The van der Waals surface area contributed by atoms with Crippen LogP contribution in [0.4, 0.5) is 4.79 Å². The number of aryl methyl sites for hydroxylation is 1. The summed E-state index contributed by atoms with van der Waals surface area (Å²) in [6.07, 6.45) is 3.40. The zero-order chi connectivity index (χ0) is 11.4. The van der Waals surface area contributed by atoms with E-state index < -0.39 is 0 Å². The Morgan fingerprint density at radius 2 is 2.31 bits per heavy atom. The van der Waals surface area contributed by atoms with Crippen LogP contribution < -0.4 is 10.1 Å². The van der Waals surface area contributed by atoms with Gasteiger partial charge in [0.1, 0.15) is 5.75 Å². The molecule has 1 aromatic carbocycles. The van der Waals surface area contributed by atoms with Crippen LogP contribution in [0.15, 0.2) is 24.3 Å². The highest BCUT2D eigenvalue weighted by Gasteiger charge is 2.18. The number of ether oxygens (including phenoxy) is 1. The monoisotopic (exact) mass is 219 g/mol. The van der Waals surface area contributed by atoms with Crippen LogP contribution >= 0.6 is 0 Å². The molecule has 1 amide bonds. The van der Waals surface area contributed by atoms with Crippen LogP contribution in [0.3, 0.4) is 0 Å². The Morgan fingerprint density at radius 1 is 1.50 bits per heavy atom. The van der Waals surface area contributed by atoms with Crippen molar-refractivity contribution in [3.63, 3.8) is 0 Å². The van der Waals surface area contributed by atoms with Gasteiger partial charge in [0.25, 0.3) is 0 Å². The zero-order valence-corrected chi connectivity index (χ0v) is 9.53. The number of rotatable bonds is 3. The molecule has 0 saturated heterocycles. The second-order valence-corrected chi connectivity index (χ2v) is 4.38. The van der Waals surface area contributed by atoms with E-state index in [-0.39, 0.29) is 6.09 Å². The number of amides is 1. The Kier molecular flexibility index (Phi) is 3.44. The van der Waals surface area contributed by atoms with Gasteiger partial charge >= 0.3 is 6.09 Å². The van der Waals surface area contributed by atoms with Gasteiger partial charge in [-0.25, -0.2) is 4.79 Å². The van der Waals surface area contributed by atoms with Crippen molar-refractivity contribution in [2.45, 2.75) is 26.2 Å². The van der Waals surface area contributed by atoms with Gasteiger partial charge in [0.15, 0.2) is 0 Å². The molecule has 0 aromatic heterocycles. The summed E-state index contributed by atoms with van der Waals surface area (Å²) in [5.74, 6) is 1.26. The number of benzene rings is 1. The van der Waals surface area contributed by atoms with Crippen molar-refractivity contribution in [3.8, 4) is 5.75 Å². The summed E-state index contributed by atoms with van der Waals surface area (Å²) in [4.78, 5) is 11.4. The maximum Gasteiger partial charge on any atom is 0.412 e. The fourth-order valence-corrected chi connectivity index (χ4v) is 1.75. The van der Waals surface area contributed by atoms with Gasteiger partial charge in [-0.2, -0.15) is 0 Å². The van der Waals surface area contributed by atoms with Gasteiger partial charge in [0, 0.05) is 6.54 Å². The summed E-state index contributed by atoms with van der Waals surface area (Å²) < 4.78 is 5.16. The van der Waals surface area contributed by atoms with Crippen LogP contribution in [0.2, 0.25) is 0 Å². The van der Waals surface area contributed by atoms with Crippen molar-refractivity contribution >= 4 is 6.09 Å². The lowest BCUT2D eigenvalue weighted by Gasteiger charge is -2.25. The van der Waals surface area contributed by atoms with Gasteiger partial charge in [-0.3, -0.25) is 0 Å². The number of hydrogen-bond donors (Lipinski definition) is 1. The molecule has 3 heteroatoms. The number of nitrogens with one attached hydrogen (secondary N) is 1. The van der Waals surface area contributed by atoms with Gasteiger partial charge in [-0.05, 0) is 43.4 Å². The highest BCUT2D eigenvalue weighted by atomic mass is 16.6. The van der Waals surface area contributed by atoms with Crippen molar-refractivity contribution in [3.05, 3.63) is 29.8 Å². The number of carbonyl (C=O) groups excluding carboxylic acids is 1. The van der Waals surface area contributed by atoms with E-state index >= 15 is 0 Å². The van der Waals surface area contributed by atoms with E-state index in [1.807, 2.05) is 25.1 Å². The minimum atomic E-state index is -0.350. The summed E-state index contributed by atoms with van der Waals surface area (Å²) in [7, 11) is 0. The molecule has 1 saturated carbocycles. The largest absolute Gasteiger partial charge is 0.412 e. The smallest absolute Gasteiger partial charge is 0.410 e. The highest BCUT2D eigenvalue weighted by molar-refractivity contribution is 5.70. The SMILES string of the molecule is Cc1cccc(OC(=O)NCC2CCC2)c1. The Hall–Kier alpha value is -1.51. The van der Waals surface area contributed by atoms with Gasteiger partial charge < -0.3 is 10.1 Å². The summed E-state index contributed by atoms with van der Waals surface area (Å²) >= 11 is 0. The quantitative estimate of drug-likeness (QED) is 0.848. The minimum absolute atomic E-state index is 0.350. The van der Waals surface area contributed by atoms with Crippen molar-refractivity contribution in [1.29, 1.82) is 0 Å². The number of hydrogen-bond acceptors (Lipinski definition) is 2. The van der Waals surface area contributed by atoms with E-state index in [0.29, 0.717) is 11.7 Å². The van der Waals surface area contributed by atoms with Gasteiger partial charge in [0.05, 0.1) is 0 Å². The third-order valence-electron chi connectivity index (χ3n) is 2.96. The maximum absolute atomic E-state index is 11.4. The van der Waals surface area contributed by atoms with E-state index in [4.69, 9.17) is 4.74 Å². The van der Waals surface area contributed by atoms with Crippen LogP contribution in [0, 0.1) is 12.8 Å². The van der Waals surface area contributed by atoms with Crippen LogP contribution in [0.25, 0.3) is 0 Å². The molecule has 1 aliphatic carbocycles. The average Bonchev–Trinajstić information content (AvgIpc) is 2.15. The molecular weight excluding hydrogens is 202 g/mol. The third-order valence-corrected chi connectivity index (χ3v) is 2.96. The Bertz CT molecular complexity index is 372. The molecule has 0 aliphatic heterocycles. The molecule has 3 nitrogen and oxygen atoms in total. The lowest BCUT2D eigenvalue weighted by Crippen LogP contribution is -2.34. The molecule has 1 N–H and O–H groups in total. The lowest BCUT2D eigenvalue weighted by molar-refractivity contribution is 0.193. The molecule has 1 fully saturated rings. The molecule has 0 heterocycles.